The Bertz CT molecular complexity index is 132. The molecule has 1 fully saturated rings. The van der Waals surface area contributed by atoms with E-state index in [4.69, 9.17) is 5.11 Å². The van der Waals surface area contributed by atoms with E-state index in [1.807, 2.05) is 6.92 Å². The van der Waals surface area contributed by atoms with Gasteiger partial charge in [0.25, 0.3) is 0 Å². The van der Waals surface area contributed by atoms with Gasteiger partial charge < -0.3 is 14.7 Å². The first-order chi connectivity index (χ1) is 5.06. The summed E-state index contributed by atoms with van der Waals surface area (Å²) in [6, 6.07) is 0. The van der Waals surface area contributed by atoms with Crippen molar-refractivity contribution in [2.45, 2.75) is 25.6 Å². The van der Waals surface area contributed by atoms with Gasteiger partial charge in [-0.2, -0.15) is 0 Å². The molecule has 0 aromatic heterocycles. The van der Waals surface area contributed by atoms with Crippen molar-refractivity contribution >= 4 is 0 Å². The summed E-state index contributed by atoms with van der Waals surface area (Å²) in [5.41, 5.74) is 0. The molecule has 1 rings (SSSR count). The smallest absolute Gasteiger partial charge is 0.152 e. The van der Waals surface area contributed by atoms with Crippen molar-refractivity contribution < 1.29 is 14.7 Å². The lowest BCUT2D eigenvalue weighted by Crippen LogP contribution is -2.65. The number of rotatable bonds is 3. The maximum absolute atomic E-state index is 9.35. The van der Waals surface area contributed by atoms with Crippen molar-refractivity contribution in [2.24, 2.45) is 0 Å². The highest BCUT2D eigenvalue weighted by atomic mass is 16.3. The Hall–Kier alpha value is -0.120. The highest BCUT2D eigenvalue weighted by Crippen LogP contribution is 2.18. The molecule has 1 saturated heterocycles. The van der Waals surface area contributed by atoms with Crippen molar-refractivity contribution in [3.63, 3.8) is 0 Å². The molecule has 0 amide bonds. The number of likely N-dealkylation sites (N-methyl/N-ethyl adjacent to an activating group) is 1. The molecule has 66 valence electrons. The maximum Gasteiger partial charge on any atom is 0.152 e. The molecule has 1 heterocycles. The Kier molecular flexibility index (Phi) is 2.52. The molecular formula is C8H18NO2+. The van der Waals surface area contributed by atoms with E-state index < -0.39 is 0 Å². The fourth-order valence-electron chi connectivity index (χ4n) is 1.75. The molecular weight excluding hydrogens is 142 g/mol. The van der Waals surface area contributed by atoms with Crippen LogP contribution in [0.2, 0.25) is 0 Å². The van der Waals surface area contributed by atoms with Crippen LogP contribution in [0.3, 0.4) is 0 Å². The lowest BCUT2D eigenvalue weighted by atomic mass is 10.1. The molecule has 11 heavy (non-hydrogen) atoms. The summed E-state index contributed by atoms with van der Waals surface area (Å²) >= 11 is 0. The van der Waals surface area contributed by atoms with Crippen LogP contribution in [0, 0.1) is 0 Å². The van der Waals surface area contributed by atoms with Crippen LogP contribution in [0.25, 0.3) is 0 Å². The van der Waals surface area contributed by atoms with E-state index in [9.17, 15) is 5.11 Å². The predicted molar refractivity (Wildman–Crippen MR) is 43.1 cm³/mol. The Labute approximate surface area is 67.8 Å². The van der Waals surface area contributed by atoms with Crippen LogP contribution in [0.15, 0.2) is 0 Å². The van der Waals surface area contributed by atoms with E-state index in [-0.39, 0.29) is 12.2 Å². The van der Waals surface area contributed by atoms with Crippen molar-refractivity contribution in [2.75, 3.05) is 26.7 Å². The molecule has 0 bridgehead atoms. The number of likely N-dealkylation sites (tertiary alicyclic amines) is 1. The minimum absolute atomic E-state index is 0.135. The monoisotopic (exact) mass is 160 g/mol. The van der Waals surface area contributed by atoms with Gasteiger partial charge in [-0.1, -0.05) is 6.92 Å². The molecule has 0 radical (unpaired) electrons. The summed E-state index contributed by atoms with van der Waals surface area (Å²) in [6.07, 6.45) is 0.473. The second kappa shape index (κ2) is 3.09. The zero-order valence-corrected chi connectivity index (χ0v) is 7.32. The van der Waals surface area contributed by atoms with Crippen LogP contribution in [0.5, 0.6) is 0 Å². The molecule has 0 aromatic carbocycles. The molecule has 1 aliphatic rings. The first-order valence-corrected chi connectivity index (χ1v) is 4.25. The zero-order chi connectivity index (χ0) is 8.48. The van der Waals surface area contributed by atoms with Gasteiger partial charge in [0.1, 0.15) is 25.7 Å². The molecule has 3 nitrogen and oxygen atoms in total. The average molecular weight is 160 g/mol. The topological polar surface area (TPSA) is 40.5 Å². The summed E-state index contributed by atoms with van der Waals surface area (Å²) in [7, 11) is 2.08. The van der Waals surface area contributed by atoms with Crippen molar-refractivity contribution in [1.29, 1.82) is 0 Å². The fourth-order valence-corrected chi connectivity index (χ4v) is 1.75. The molecule has 1 aliphatic heterocycles. The predicted octanol–water partition coefficient (Wildman–Crippen LogP) is -0.422. The standard InChI is InChI=1S/C8H18NO2/c1-3-7(10)4-9(2)5-8(11)6-9/h7-8,10-11H,3-6H2,1-2H3/q+1. The van der Waals surface area contributed by atoms with Crippen molar-refractivity contribution in [3.05, 3.63) is 0 Å². The van der Waals surface area contributed by atoms with Crippen molar-refractivity contribution in [3.8, 4) is 0 Å². The van der Waals surface area contributed by atoms with Crippen LogP contribution in [-0.2, 0) is 0 Å². The minimum atomic E-state index is -0.201. The molecule has 0 aliphatic carbocycles. The Morgan fingerprint density at radius 2 is 2.09 bits per heavy atom. The first kappa shape index (κ1) is 8.97. The van der Waals surface area contributed by atoms with Crippen LogP contribution < -0.4 is 0 Å². The van der Waals surface area contributed by atoms with E-state index >= 15 is 0 Å². The second-order valence-electron chi connectivity index (χ2n) is 3.88. The zero-order valence-electron chi connectivity index (χ0n) is 7.32. The van der Waals surface area contributed by atoms with E-state index in [2.05, 4.69) is 7.05 Å². The third kappa shape index (κ3) is 2.15. The van der Waals surface area contributed by atoms with E-state index in [0.717, 1.165) is 30.5 Å². The molecule has 0 aromatic rings. The first-order valence-electron chi connectivity index (χ1n) is 4.25. The van der Waals surface area contributed by atoms with Gasteiger partial charge in [0, 0.05) is 0 Å². The lowest BCUT2D eigenvalue weighted by molar-refractivity contribution is -0.957. The number of nitrogens with zero attached hydrogens (tertiary/aromatic N) is 1. The Morgan fingerprint density at radius 3 is 2.45 bits per heavy atom. The van der Waals surface area contributed by atoms with Crippen LogP contribution in [-0.4, -0.2) is 53.6 Å². The van der Waals surface area contributed by atoms with Gasteiger partial charge in [-0.25, -0.2) is 0 Å². The highest BCUT2D eigenvalue weighted by molar-refractivity contribution is 4.66. The summed E-state index contributed by atoms with van der Waals surface area (Å²) in [6.45, 7) is 4.37. The van der Waals surface area contributed by atoms with Gasteiger partial charge >= 0.3 is 0 Å². The van der Waals surface area contributed by atoms with Gasteiger partial charge in [-0.05, 0) is 6.42 Å². The normalized spacial score (nSPS) is 39.8. The second-order valence-corrected chi connectivity index (χ2v) is 3.88. The summed E-state index contributed by atoms with van der Waals surface area (Å²) < 4.78 is 0.830. The SMILES string of the molecule is CCC(O)C[N+]1(C)CC(O)C1. The molecule has 1 atom stereocenters. The summed E-state index contributed by atoms with van der Waals surface area (Å²) in [5, 5.41) is 18.4. The minimum Gasteiger partial charge on any atom is -0.387 e. The molecule has 3 heteroatoms. The summed E-state index contributed by atoms with van der Waals surface area (Å²) in [4.78, 5) is 0. The quantitative estimate of drug-likeness (QED) is 0.550. The van der Waals surface area contributed by atoms with Gasteiger partial charge in [0.15, 0.2) is 6.10 Å². The number of hydrogen-bond donors (Lipinski definition) is 2. The molecule has 2 N–H and O–H groups in total. The largest absolute Gasteiger partial charge is 0.387 e. The van der Waals surface area contributed by atoms with Gasteiger partial charge in [0.05, 0.1) is 7.05 Å². The number of aliphatic hydroxyl groups excluding tert-OH is 2. The maximum atomic E-state index is 9.35. The van der Waals surface area contributed by atoms with E-state index in [1.165, 1.54) is 0 Å². The number of aliphatic hydroxyl groups is 2. The number of hydrogen-bond acceptors (Lipinski definition) is 2. The molecule has 0 spiro atoms. The van der Waals surface area contributed by atoms with Crippen LogP contribution in [0.4, 0.5) is 0 Å². The number of quaternary nitrogens is 1. The Balaban J connectivity index is 2.26. The van der Waals surface area contributed by atoms with Gasteiger partial charge in [-0.3, -0.25) is 0 Å². The molecule has 0 saturated carbocycles. The van der Waals surface area contributed by atoms with Crippen LogP contribution >= 0.6 is 0 Å². The van der Waals surface area contributed by atoms with Crippen molar-refractivity contribution in [1.82, 2.24) is 0 Å². The molecule has 1 unspecified atom stereocenters. The van der Waals surface area contributed by atoms with Gasteiger partial charge in [0.2, 0.25) is 0 Å². The average Bonchev–Trinajstić information content (AvgIpc) is 1.84. The third-order valence-electron chi connectivity index (χ3n) is 2.43. The fraction of sp³-hybridized carbons (Fsp3) is 1.00. The van der Waals surface area contributed by atoms with Crippen LogP contribution in [0.1, 0.15) is 13.3 Å². The highest BCUT2D eigenvalue weighted by Gasteiger charge is 2.39. The third-order valence-corrected chi connectivity index (χ3v) is 2.43. The Morgan fingerprint density at radius 1 is 1.55 bits per heavy atom. The summed E-state index contributed by atoms with van der Waals surface area (Å²) in [5.74, 6) is 0. The van der Waals surface area contributed by atoms with E-state index in [0.29, 0.717) is 0 Å². The lowest BCUT2D eigenvalue weighted by Gasteiger charge is -2.46. The van der Waals surface area contributed by atoms with E-state index in [1.54, 1.807) is 0 Å². The van der Waals surface area contributed by atoms with Gasteiger partial charge in [-0.15, -0.1) is 0 Å².